The van der Waals surface area contributed by atoms with Gasteiger partial charge in [0.05, 0.1) is 24.5 Å². The molecule has 0 N–H and O–H groups in total. The van der Waals surface area contributed by atoms with Crippen molar-refractivity contribution >= 4 is 11.9 Å². The van der Waals surface area contributed by atoms with Crippen molar-refractivity contribution in [1.29, 1.82) is 0 Å². The Morgan fingerprint density at radius 3 is 1.91 bits per heavy atom. The highest BCUT2D eigenvalue weighted by Gasteiger charge is 2.50. The number of hydrogen-bond acceptors (Lipinski definition) is 5. The van der Waals surface area contributed by atoms with Gasteiger partial charge >= 0.3 is 11.9 Å². The van der Waals surface area contributed by atoms with E-state index in [1.165, 1.54) is 58.5 Å². The first-order valence-electron chi connectivity index (χ1n) is 13.1. The van der Waals surface area contributed by atoms with Gasteiger partial charge in [0.1, 0.15) is 0 Å². The molecule has 0 aliphatic heterocycles. The fraction of sp³-hybridized carbons (Fsp3) is 0.926. The van der Waals surface area contributed by atoms with Gasteiger partial charge in [-0.25, -0.2) is 0 Å². The first-order chi connectivity index (χ1) is 15.2. The number of rotatable bonds is 6. The number of carbonyl (C=O) groups is 2. The number of hydrogen-bond donors (Lipinski definition) is 0. The summed E-state index contributed by atoms with van der Waals surface area (Å²) in [5, 5.41) is 0. The van der Waals surface area contributed by atoms with E-state index in [0.717, 1.165) is 42.4 Å². The van der Waals surface area contributed by atoms with Gasteiger partial charge in [-0.15, -0.1) is 0 Å². The van der Waals surface area contributed by atoms with E-state index in [4.69, 9.17) is 9.47 Å². The quantitative estimate of drug-likeness (QED) is 0.382. The summed E-state index contributed by atoms with van der Waals surface area (Å²) in [6.45, 7) is 7.66. The molecule has 0 radical (unpaired) electrons. The Kier molecular flexibility index (Phi) is 7.24. The molecule has 0 heterocycles. The van der Waals surface area contributed by atoms with Crippen LogP contribution in [0.4, 0.5) is 0 Å². The Bertz CT molecular complexity index is 658. The summed E-state index contributed by atoms with van der Waals surface area (Å²) in [5.41, 5.74) is -0.311. The summed E-state index contributed by atoms with van der Waals surface area (Å²) < 4.78 is 16.6. The van der Waals surface area contributed by atoms with Crippen molar-refractivity contribution in [3.05, 3.63) is 0 Å². The SMILES string of the molecule is CC(OC(=O)C1CC2CCC1C2)OC1C2CC3CC(C2)CC1C3.CCC(C)(C)C(=O)OC. The molecule has 6 aliphatic rings. The highest BCUT2D eigenvalue weighted by Crippen LogP contribution is 2.55. The number of methoxy groups -OCH3 is 1. The molecule has 32 heavy (non-hydrogen) atoms. The molecule has 4 unspecified atom stereocenters. The van der Waals surface area contributed by atoms with Crippen molar-refractivity contribution in [2.45, 2.75) is 104 Å². The van der Waals surface area contributed by atoms with Gasteiger partial charge in [0.15, 0.2) is 6.29 Å². The maximum atomic E-state index is 12.5. The smallest absolute Gasteiger partial charge is 0.311 e. The van der Waals surface area contributed by atoms with Crippen LogP contribution in [0.2, 0.25) is 0 Å². The Balaban J connectivity index is 0.000000234. The molecule has 6 rings (SSSR count). The zero-order chi connectivity index (χ0) is 23.0. The van der Waals surface area contributed by atoms with Crippen LogP contribution >= 0.6 is 0 Å². The van der Waals surface area contributed by atoms with Crippen LogP contribution in [-0.2, 0) is 23.8 Å². The van der Waals surface area contributed by atoms with Crippen LogP contribution in [0.25, 0.3) is 0 Å². The highest BCUT2D eigenvalue weighted by molar-refractivity contribution is 5.75. The molecule has 5 nitrogen and oxygen atoms in total. The van der Waals surface area contributed by atoms with E-state index in [2.05, 4.69) is 4.74 Å². The van der Waals surface area contributed by atoms with Crippen molar-refractivity contribution in [3.63, 3.8) is 0 Å². The van der Waals surface area contributed by atoms with Crippen molar-refractivity contribution in [2.75, 3.05) is 7.11 Å². The topological polar surface area (TPSA) is 61.8 Å². The van der Waals surface area contributed by atoms with E-state index in [-0.39, 0.29) is 29.6 Å². The van der Waals surface area contributed by atoms with E-state index in [0.29, 0.717) is 12.0 Å². The number of ether oxygens (including phenoxy) is 3. The Hall–Kier alpha value is -1.10. The number of carbonyl (C=O) groups excluding carboxylic acids is 2. The van der Waals surface area contributed by atoms with E-state index >= 15 is 0 Å². The van der Waals surface area contributed by atoms with Gasteiger partial charge in [0.2, 0.25) is 0 Å². The van der Waals surface area contributed by atoms with Crippen molar-refractivity contribution in [1.82, 2.24) is 0 Å². The van der Waals surface area contributed by atoms with Gasteiger partial charge in [-0.1, -0.05) is 13.3 Å². The zero-order valence-electron chi connectivity index (χ0n) is 20.8. The molecule has 0 spiro atoms. The molecule has 5 heteroatoms. The molecule has 182 valence electrons. The maximum Gasteiger partial charge on any atom is 0.311 e. The molecular formula is C27H44O5. The molecular weight excluding hydrogens is 404 g/mol. The maximum absolute atomic E-state index is 12.5. The van der Waals surface area contributed by atoms with Crippen LogP contribution in [0.1, 0.15) is 91.9 Å². The molecule has 6 bridgehead atoms. The number of fused-ring (bicyclic) bond motifs is 2. The van der Waals surface area contributed by atoms with Crippen LogP contribution in [0.5, 0.6) is 0 Å². The average molecular weight is 449 g/mol. The molecule has 0 aromatic rings. The van der Waals surface area contributed by atoms with Gasteiger partial charge < -0.3 is 14.2 Å². The van der Waals surface area contributed by atoms with Gasteiger partial charge in [0, 0.05) is 0 Å². The van der Waals surface area contributed by atoms with Crippen LogP contribution < -0.4 is 0 Å². The summed E-state index contributed by atoms with van der Waals surface area (Å²) in [7, 11) is 1.42. The predicted octanol–water partition coefficient (Wildman–Crippen LogP) is 5.75. The minimum Gasteiger partial charge on any atom is -0.469 e. The molecule has 0 saturated heterocycles. The molecule has 6 fully saturated rings. The second-order valence-electron chi connectivity index (χ2n) is 12.0. The van der Waals surface area contributed by atoms with Crippen molar-refractivity contribution < 1.29 is 23.8 Å². The van der Waals surface area contributed by atoms with Gasteiger partial charge in [-0.05, 0) is 114 Å². The van der Waals surface area contributed by atoms with Crippen molar-refractivity contribution in [3.8, 4) is 0 Å². The predicted molar refractivity (Wildman–Crippen MR) is 122 cm³/mol. The molecule has 4 atom stereocenters. The lowest BCUT2D eigenvalue weighted by Crippen LogP contribution is -2.50. The fourth-order valence-corrected chi connectivity index (χ4v) is 7.55. The highest BCUT2D eigenvalue weighted by atomic mass is 16.7. The molecule has 6 saturated carbocycles. The third-order valence-corrected chi connectivity index (χ3v) is 9.43. The summed E-state index contributed by atoms with van der Waals surface area (Å²) in [6.07, 6.45) is 12.6. The summed E-state index contributed by atoms with van der Waals surface area (Å²) in [5.74, 6) is 4.83. The molecule has 0 aromatic heterocycles. The van der Waals surface area contributed by atoms with Crippen LogP contribution in [0, 0.1) is 46.8 Å². The lowest BCUT2D eigenvalue weighted by molar-refractivity contribution is -0.222. The average Bonchev–Trinajstić information content (AvgIpc) is 3.39. The first-order valence-corrected chi connectivity index (χ1v) is 13.1. The Labute approximate surface area is 194 Å². The van der Waals surface area contributed by atoms with E-state index in [1.54, 1.807) is 0 Å². The third kappa shape index (κ3) is 5.03. The van der Waals surface area contributed by atoms with Crippen molar-refractivity contribution in [2.24, 2.45) is 46.8 Å². The molecule has 0 amide bonds. The molecule has 0 aromatic carbocycles. The standard InChI is InChI=1S/C20H30O3.C7H14O2/c1-11(23-20(21)18-10-12-2-3-15(18)5-12)22-19-16-6-13-4-14(8-16)9-17(19)7-13;1-5-7(2,3)6(8)9-4/h11-19H,2-10H2,1H3;5H2,1-4H3. The van der Waals surface area contributed by atoms with E-state index in [1.807, 2.05) is 27.7 Å². The summed E-state index contributed by atoms with van der Waals surface area (Å²) in [6, 6.07) is 0. The van der Waals surface area contributed by atoms with Crippen LogP contribution in [0.15, 0.2) is 0 Å². The summed E-state index contributed by atoms with van der Waals surface area (Å²) >= 11 is 0. The number of esters is 2. The Morgan fingerprint density at radius 2 is 1.47 bits per heavy atom. The van der Waals surface area contributed by atoms with Crippen LogP contribution in [0.3, 0.4) is 0 Å². The monoisotopic (exact) mass is 448 g/mol. The first kappa shape index (κ1) is 24.0. The largest absolute Gasteiger partial charge is 0.469 e. The van der Waals surface area contributed by atoms with Gasteiger partial charge in [0.25, 0.3) is 0 Å². The van der Waals surface area contributed by atoms with E-state index < -0.39 is 0 Å². The second-order valence-corrected chi connectivity index (χ2v) is 12.0. The second kappa shape index (κ2) is 9.64. The lowest BCUT2D eigenvalue weighted by atomic mass is 9.55. The van der Waals surface area contributed by atoms with Gasteiger partial charge in [-0.2, -0.15) is 0 Å². The molecule has 6 aliphatic carbocycles. The summed E-state index contributed by atoms with van der Waals surface area (Å²) in [4.78, 5) is 23.3. The third-order valence-electron chi connectivity index (χ3n) is 9.43. The van der Waals surface area contributed by atoms with E-state index in [9.17, 15) is 9.59 Å². The normalized spacial score (nSPS) is 39.9. The lowest BCUT2D eigenvalue weighted by Gasteiger charge is -2.54. The fourth-order valence-electron chi connectivity index (χ4n) is 7.55. The minimum atomic E-state index is -0.357. The van der Waals surface area contributed by atoms with Gasteiger partial charge in [-0.3, -0.25) is 9.59 Å². The zero-order valence-corrected chi connectivity index (χ0v) is 20.8. The van der Waals surface area contributed by atoms with Crippen LogP contribution in [-0.4, -0.2) is 31.4 Å². The minimum absolute atomic E-state index is 0.0218. The Morgan fingerprint density at radius 1 is 0.875 bits per heavy atom.